The maximum atomic E-state index is 12.5. The van der Waals surface area contributed by atoms with Crippen molar-refractivity contribution >= 4 is 11.6 Å². The number of ether oxygens (including phenoxy) is 3. The van der Waals surface area contributed by atoms with Crippen LogP contribution in [0.3, 0.4) is 0 Å². The highest BCUT2D eigenvalue weighted by molar-refractivity contribution is 6.05. The molecule has 0 aliphatic heterocycles. The van der Waals surface area contributed by atoms with E-state index in [0.29, 0.717) is 29.4 Å². The van der Waals surface area contributed by atoms with Gasteiger partial charge in [-0.15, -0.1) is 0 Å². The molecule has 2 aromatic rings. The van der Waals surface area contributed by atoms with E-state index in [1.54, 1.807) is 38.5 Å². The van der Waals surface area contributed by atoms with Gasteiger partial charge in [0.05, 0.1) is 20.8 Å². The monoisotopic (exact) mass is 315 g/mol. The summed E-state index contributed by atoms with van der Waals surface area (Å²) in [5.41, 5.74) is 2.05. The molecule has 5 nitrogen and oxygen atoms in total. The summed E-state index contributed by atoms with van der Waals surface area (Å²) < 4.78 is 15.9. The van der Waals surface area contributed by atoms with Gasteiger partial charge in [-0.2, -0.15) is 0 Å². The molecule has 0 aromatic heterocycles. The van der Waals surface area contributed by atoms with Gasteiger partial charge in [0.1, 0.15) is 5.75 Å². The van der Waals surface area contributed by atoms with Crippen molar-refractivity contribution in [2.75, 3.05) is 26.1 Å². The number of nitrogens with one attached hydrogen (secondary N) is 1. The second-order valence-corrected chi connectivity index (χ2v) is 4.93. The minimum Gasteiger partial charge on any atom is -0.494 e. The summed E-state index contributed by atoms with van der Waals surface area (Å²) in [6.45, 7) is 4.39. The molecule has 0 unspecified atom stereocenters. The molecule has 122 valence electrons. The Hall–Kier alpha value is -2.69. The molecule has 0 spiro atoms. The van der Waals surface area contributed by atoms with Crippen molar-refractivity contribution in [1.29, 1.82) is 0 Å². The lowest BCUT2D eigenvalue weighted by molar-refractivity contribution is 0.102. The van der Waals surface area contributed by atoms with Crippen LogP contribution in [-0.2, 0) is 0 Å². The summed E-state index contributed by atoms with van der Waals surface area (Å²) >= 11 is 0. The first-order valence-corrected chi connectivity index (χ1v) is 7.35. The third-order valence-corrected chi connectivity index (χ3v) is 3.40. The predicted octanol–water partition coefficient (Wildman–Crippen LogP) is 3.66. The SMILES string of the molecule is CCOc1ccc(NC(=O)c2cc(OC)c(OC)cc2C)cc1. The lowest BCUT2D eigenvalue weighted by atomic mass is 10.1. The summed E-state index contributed by atoms with van der Waals surface area (Å²) in [5, 5.41) is 2.87. The van der Waals surface area contributed by atoms with Gasteiger partial charge in [-0.05, 0) is 55.8 Å². The first kappa shape index (κ1) is 16.7. The van der Waals surface area contributed by atoms with Crippen LogP contribution in [0.4, 0.5) is 5.69 Å². The maximum absolute atomic E-state index is 12.5. The molecule has 0 atom stereocenters. The van der Waals surface area contributed by atoms with Crippen LogP contribution in [0.15, 0.2) is 36.4 Å². The average molecular weight is 315 g/mol. The number of rotatable bonds is 6. The van der Waals surface area contributed by atoms with Gasteiger partial charge in [0.2, 0.25) is 0 Å². The van der Waals surface area contributed by atoms with E-state index in [1.165, 1.54) is 0 Å². The van der Waals surface area contributed by atoms with Crippen LogP contribution in [0.2, 0.25) is 0 Å². The molecule has 0 aliphatic rings. The predicted molar refractivity (Wildman–Crippen MR) is 89.8 cm³/mol. The second kappa shape index (κ2) is 7.54. The largest absolute Gasteiger partial charge is 0.494 e. The smallest absolute Gasteiger partial charge is 0.256 e. The van der Waals surface area contributed by atoms with Gasteiger partial charge in [-0.25, -0.2) is 0 Å². The van der Waals surface area contributed by atoms with E-state index in [4.69, 9.17) is 14.2 Å². The highest BCUT2D eigenvalue weighted by Gasteiger charge is 2.14. The van der Waals surface area contributed by atoms with Gasteiger partial charge in [0.15, 0.2) is 11.5 Å². The zero-order valence-electron chi connectivity index (χ0n) is 13.8. The van der Waals surface area contributed by atoms with Crippen molar-refractivity contribution in [2.45, 2.75) is 13.8 Å². The van der Waals surface area contributed by atoms with Gasteiger partial charge < -0.3 is 19.5 Å². The summed E-state index contributed by atoms with van der Waals surface area (Å²) in [5.74, 6) is 1.69. The van der Waals surface area contributed by atoms with Crippen molar-refractivity contribution in [3.8, 4) is 17.2 Å². The standard InChI is InChI=1S/C18H21NO4/c1-5-23-14-8-6-13(7-9-14)19-18(20)15-11-17(22-4)16(21-3)10-12(15)2/h6-11H,5H2,1-4H3,(H,19,20). The van der Waals surface area contributed by atoms with E-state index in [2.05, 4.69) is 5.32 Å². The Balaban J connectivity index is 2.20. The highest BCUT2D eigenvalue weighted by atomic mass is 16.5. The maximum Gasteiger partial charge on any atom is 0.256 e. The van der Waals surface area contributed by atoms with Crippen LogP contribution in [0.5, 0.6) is 17.2 Å². The van der Waals surface area contributed by atoms with Crippen molar-refractivity contribution in [3.05, 3.63) is 47.5 Å². The van der Waals surface area contributed by atoms with Crippen molar-refractivity contribution in [3.63, 3.8) is 0 Å². The Morgan fingerprint density at radius 3 is 2.22 bits per heavy atom. The molecule has 0 bridgehead atoms. The fourth-order valence-corrected chi connectivity index (χ4v) is 2.22. The molecular weight excluding hydrogens is 294 g/mol. The Morgan fingerprint density at radius 2 is 1.65 bits per heavy atom. The number of benzene rings is 2. The number of aryl methyl sites for hydroxylation is 1. The molecule has 0 radical (unpaired) electrons. The van der Waals surface area contributed by atoms with Crippen LogP contribution in [0.1, 0.15) is 22.8 Å². The molecule has 1 amide bonds. The number of hydrogen-bond donors (Lipinski definition) is 1. The van der Waals surface area contributed by atoms with E-state index in [-0.39, 0.29) is 5.91 Å². The van der Waals surface area contributed by atoms with Crippen molar-refractivity contribution in [1.82, 2.24) is 0 Å². The fraction of sp³-hybridized carbons (Fsp3) is 0.278. The third kappa shape index (κ3) is 3.94. The Morgan fingerprint density at radius 1 is 1.04 bits per heavy atom. The zero-order valence-corrected chi connectivity index (χ0v) is 13.8. The van der Waals surface area contributed by atoms with Gasteiger partial charge in [0.25, 0.3) is 5.91 Å². The molecule has 2 aromatic carbocycles. The average Bonchev–Trinajstić information content (AvgIpc) is 2.56. The van der Waals surface area contributed by atoms with E-state index in [9.17, 15) is 4.79 Å². The van der Waals surface area contributed by atoms with Crippen LogP contribution < -0.4 is 19.5 Å². The molecule has 0 aliphatic carbocycles. The third-order valence-electron chi connectivity index (χ3n) is 3.40. The van der Waals surface area contributed by atoms with E-state index in [1.807, 2.05) is 26.0 Å². The zero-order chi connectivity index (χ0) is 16.8. The molecule has 0 heterocycles. The van der Waals surface area contributed by atoms with Crippen molar-refractivity contribution in [2.24, 2.45) is 0 Å². The number of carbonyl (C=O) groups excluding carboxylic acids is 1. The first-order valence-electron chi connectivity index (χ1n) is 7.35. The van der Waals surface area contributed by atoms with Gasteiger partial charge in [0, 0.05) is 11.3 Å². The Bertz CT molecular complexity index is 680. The van der Waals surface area contributed by atoms with Crippen LogP contribution in [0.25, 0.3) is 0 Å². The molecular formula is C18H21NO4. The Labute approximate surface area is 136 Å². The lowest BCUT2D eigenvalue weighted by Crippen LogP contribution is -2.13. The first-order chi connectivity index (χ1) is 11.1. The summed E-state index contributed by atoms with van der Waals surface area (Å²) in [7, 11) is 3.11. The second-order valence-electron chi connectivity index (χ2n) is 4.93. The quantitative estimate of drug-likeness (QED) is 0.884. The van der Waals surface area contributed by atoms with Crippen LogP contribution in [0, 0.1) is 6.92 Å². The molecule has 2 rings (SSSR count). The molecule has 23 heavy (non-hydrogen) atoms. The van der Waals surface area contributed by atoms with Gasteiger partial charge in [-0.3, -0.25) is 4.79 Å². The molecule has 0 saturated carbocycles. The van der Waals surface area contributed by atoms with E-state index < -0.39 is 0 Å². The summed E-state index contributed by atoms with van der Waals surface area (Å²) in [6.07, 6.45) is 0. The molecule has 0 saturated heterocycles. The normalized spacial score (nSPS) is 10.1. The van der Waals surface area contributed by atoms with Crippen molar-refractivity contribution < 1.29 is 19.0 Å². The molecule has 5 heteroatoms. The topological polar surface area (TPSA) is 56.8 Å². The number of amides is 1. The molecule has 0 fully saturated rings. The number of carbonyl (C=O) groups is 1. The van der Waals surface area contributed by atoms with E-state index in [0.717, 1.165) is 11.3 Å². The minimum atomic E-state index is -0.201. The number of anilines is 1. The van der Waals surface area contributed by atoms with Gasteiger partial charge >= 0.3 is 0 Å². The summed E-state index contributed by atoms with van der Waals surface area (Å²) in [6, 6.07) is 10.7. The minimum absolute atomic E-state index is 0.201. The van der Waals surface area contributed by atoms with Gasteiger partial charge in [-0.1, -0.05) is 0 Å². The number of hydrogen-bond acceptors (Lipinski definition) is 4. The highest BCUT2D eigenvalue weighted by Crippen LogP contribution is 2.30. The lowest BCUT2D eigenvalue weighted by Gasteiger charge is -2.13. The van der Waals surface area contributed by atoms with Crippen LogP contribution in [-0.4, -0.2) is 26.7 Å². The van der Waals surface area contributed by atoms with Crippen LogP contribution >= 0.6 is 0 Å². The summed E-state index contributed by atoms with van der Waals surface area (Å²) in [4.78, 5) is 12.5. The fourth-order valence-electron chi connectivity index (χ4n) is 2.22. The van der Waals surface area contributed by atoms with E-state index >= 15 is 0 Å². The molecule has 1 N–H and O–H groups in total. The Kier molecular flexibility index (Phi) is 5.46. The number of methoxy groups -OCH3 is 2.